The molecule has 1 aromatic heterocycles. The summed E-state index contributed by atoms with van der Waals surface area (Å²) in [5.41, 5.74) is 0.832. The zero-order chi connectivity index (χ0) is 19.1. The van der Waals surface area contributed by atoms with E-state index >= 15 is 0 Å². The lowest BCUT2D eigenvalue weighted by atomic mass is 10.2. The third kappa shape index (κ3) is 5.17. The second-order valence-electron chi connectivity index (χ2n) is 5.87. The topological polar surface area (TPSA) is 62.5 Å². The van der Waals surface area contributed by atoms with E-state index in [-0.39, 0.29) is 18.6 Å². The van der Waals surface area contributed by atoms with Crippen molar-refractivity contribution in [2.75, 3.05) is 0 Å². The van der Waals surface area contributed by atoms with Crippen LogP contribution in [0.1, 0.15) is 11.1 Å². The molecular weight excluding hydrogens is 368 g/mol. The van der Waals surface area contributed by atoms with Crippen molar-refractivity contribution in [1.82, 2.24) is 9.13 Å². The van der Waals surface area contributed by atoms with Crippen molar-refractivity contribution in [3.63, 3.8) is 0 Å². The maximum atomic E-state index is 12.6. The standard InChI is InChI=1S/C20H19ClN2O4/c21-18-11-19(24)23(15-27-13-17-9-5-2-6-10-17)20(25)22(18)14-26-12-16-7-3-1-4-8-16/h1-11H,12-15H2. The molecule has 3 rings (SSSR count). The molecule has 1 heterocycles. The third-order valence-electron chi connectivity index (χ3n) is 3.89. The van der Waals surface area contributed by atoms with Crippen molar-refractivity contribution in [3.05, 3.63) is 104 Å². The molecule has 0 saturated carbocycles. The molecule has 0 fully saturated rings. The SMILES string of the molecule is O=c1cc(Cl)n(COCc2ccccc2)c(=O)n1COCc1ccccc1. The first-order chi connectivity index (χ1) is 13.1. The van der Waals surface area contributed by atoms with Crippen LogP contribution >= 0.6 is 11.6 Å². The van der Waals surface area contributed by atoms with Gasteiger partial charge in [0.1, 0.15) is 18.6 Å². The summed E-state index contributed by atoms with van der Waals surface area (Å²) >= 11 is 6.05. The molecule has 0 radical (unpaired) electrons. The summed E-state index contributed by atoms with van der Waals surface area (Å²) in [6, 6.07) is 20.2. The summed E-state index contributed by atoms with van der Waals surface area (Å²) in [5, 5.41) is 0.0253. The Morgan fingerprint density at radius 3 is 1.74 bits per heavy atom. The fourth-order valence-electron chi connectivity index (χ4n) is 2.48. The molecule has 3 aromatic rings. The highest BCUT2D eigenvalue weighted by Gasteiger charge is 2.10. The predicted octanol–water partition coefficient (Wildman–Crippen LogP) is 3.01. The monoisotopic (exact) mass is 386 g/mol. The smallest absolute Gasteiger partial charge is 0.335 e. The van der Waals surface area contributed by atoms with Crippen molar-refractivity contribution in [1.29, 1.82) is 0 Å². The number of ether oxygens (including phenoxy) is 2. The number of aromatic nitrogens is 2. The molecule has 0 aliphatic carbocycles. The Bertz CT molecular complexity index is 984. The van der Waals surface area contributed by atoms with E-state index in [2.05, 4.69) is 0 Å². The first-order valence-corrected chi connectivity index (χ1v) is 8.76. The summed E-state index contributed by atoms with van der Waals surface area (Å²) in [6.45, 7) is 0.390. The molecule has 0 amide bonds. The molecule has 7 heteroatoms. The molecule has 2 aromatic carbocycles. The lowest BCUT2D eigenvalue weighted by Crippen LogP contribution is -2.40. The van der Waals surface area contributed by atoms with Crippen molar-refractivity contribution in [2.24, 2.45) is 0 Å². The lowest BCUT2D eigenvalue weighted by molar-refractivity contribution is 0.0443. The van der Waals surface area contributed by atoms with Gasteiger partial charge in [0.15, 0.2) is 0 Å². The highest BCUT2D eigenvalue weighted by Crippen LogP contribution is 2.06. The van der Waals surface area contributed by atoms with Gasteiger partial charge in [-0.15, -0.1) is 0 Å². The van der Waals surface area contributed by atoms with Gasteiger partial charge in [-0.2, -0.15) is 0 Å². The number of hydrogen-bond acceptors (Lipinski definition) is 4. The van der Waals surface area contributed by atoms with Gasteiger partial charge >= 0.3 is 5.69 Å². The molecule has 0 bridgehead atoms. The van der Waals surface area contributed by atoms with Gasteiger partial charge in [0.25, 0.3) is 5.56 Å². The van der Waals surface area contributed by atoms with Crippen LogP contribution in [0.2, 0.25) is 5.15 Å². The molecule has 0 N–H and O–H groups in total. The molecule has 0 aliphatic heterocycles. The highest BCUT2D eigenvalue weighted by molar-refractivity contribution is 6.29. The Hall–Kier alpha value is -2.67. The fraction of sp³-hybridized carbons (Fsp3) is 0.200. The van der Waals surface area contributed by atoms with Gasteiger partial charge in [0.05, 0.1) is 13.2 Å². The number of halogens is 1. The van der Waals surface area contributed by atoms with Crippen molar-refractivity contribution in [3.8, 4) is 0 Å². The first-order valence-electron chi connectivity index (χ1n) is 8.38. The average molecular weight is 387 g/mol. The van der Waals surface area contributed by atoms with E-state index in [1.54, 1.807) is 0 Å². The second kappa shape index (κ2) is 9.32. The number of benzene rings is 2. The second-order valence-corrected chi connectivity index (χ2v) is 6.26. The fourth-order valence-corrected chi connectivity index (χ4v) is 2.70. The molecule has 0 spiro atoms. The largest absolute Gasteiger partial charge is 0.356 e. The minimum absolute atomic E-state index is 0.0253. The maximum absolute atomic E-state index is 12.6. The Morgan fingerprint density at radius 2 is 1.22 bits per heavy atom. The molecule has 0 atom stereocenters. The van der Waals surface area contributed by atoms with Crippen LogP contribution in [0.25, 0.3) is 0 Å². The van der Waals surface area contributed by atoms with Gasteiger partial charge in [-0.3, -0.25) is 9.36 Å². The minimum atomic E-state index is -0.575. The van der Waals surface area contributed by atoms with E-state index in [4.69, 9.17) is 21.1 Å². The Morgan fingerprint density at radius 1 is 0.741 bits per heavy atom. The number of nitrogens with zero attached hydrogens (tertiary/aromatic N) is 2. The van der Waals surface area contributed by atoms with E-state index in [0.717, 1.165) is 15.7 Å². The summed E-state index contributed by atoms with van der Waals surface area (Å²) in [5.74, 6) is 0. The van der Waals surface area contributed by atoms with Crippen molar-refractivity contribution < 1.29 is 9.47 Å². The first kappa shape index (κ1) is 19.1. The van der Waals surface area contributed by atoms with Crippen molar-refractivity contribution in [2.45, 2.75) is 26.7 Å². The van der Waals surface area contributed by atoms with Gasteiger partial charge in [-0.25, -0.2) is 9.36 Å². The molecule has 6 nitrogen and oxygen atoms in total. The Kier molecular flexibility index (Phi) is 6.59. The predicted molar refractivity (Wildman–Crippen MR) is 102 cm³/mol. The third-order valence-corrected chi connectivity index (χ3v) is 4.21. The number of hydrogen-bond donors (Lipinski definition) is 0. The van der Waals surface area contributed by atoms with Gasteiger partial charge < -0.3 is 9.47 Å². The molecule has 0 saturated heterocycles. The van der Waals surface area contributed by atoms with Crippen LogP contribution in [0.3, 0.4) is 0 Å². The van der Waals surface area contributed by atoms with E-state index in [9.17, 15) is 9.59 Å². The molecule has 27 heavy (non-hydrogen) atoms. The van der Waals surface area contributed by atoms with E-state index in [1.807, 2.05) is 60.7 Å². The molecule has 0 unspecified atom stereocenters. The van der Waals surface area contributed by atoms with Gasteiger partial charge in [0.2, 0.25) is 0 Å². The molecular formula is C20H19ClN2O4. The van der Waals surface area contributed by atoms with E-state index in [1.165, 1.54) is 10.6 Å². The summed E-state index contributed by atoms with van der Waals surface area (Å²) < 4.78 is 13.2. The average Bonchev–Trinajstić information content (AvgIpc) is 2.68. The zero-order valence-electron chi connectivity index (χ0n) is 14.6. The van der Waals surface area contributed by atoms with Gasteiger partial charge in [-0.1, -0.05) is 72.3 Å². The van der Waals surface area contributed by atoms with Crippen LogP contribution in [-0.2, 0) is 36.1 Å². The highest BCUT2D eigenvalue weighted by atomic mass is 35.5. The van der Waals surface area contributed by atoms with E-state index < -0.39 is 11.2 Å². The Labute approximate surface area is 161 Å². The lowest BCUT2D eigenvalue weighted by Gasteiger charge is -2.13. The summed E-state index contributed by atoms with van der Waals surface area (Å²) in [6.07, 6.45) is 0. The zero-order valence-corrected chi connectivity index (χ0v) is 15.3. The molecule has 0 aliphatic rings. The van der Waals surface area contributed by atoms with Crippen LogP contribution < -0.4 is 11.2 Å². The van der Waals surface area contributed by atoms with Crippen LogP contribution in [0.4, 0.5) is 0 Å². The quantitative estimate of drug-likeness (QED) is 0.558. The van der Waals surface area contributed by atoms with Crippen LogP contribution in [0.15, 0.2) is 76.3 Å². The van der Waals surface area contributed by atoms with Gasteiger partial charge in [0, 0.05) is 6.07 Å². The summed E-state index contributed by atoms with van der Waals surface area (Å²) in [7, 11) is 0. The van der Waals surface area contributed by atoms with Crippen molar-refractivity contribution >= 4 is 11.6 Å². The molecule has 140 valence electrons. The van der Waals surface area contributed by atoms with Crippen LogP contribution in [0, 0.1) is 0 Å². The van der Waals surface area contributed by atoms with Gasteiger partial charge in [-0.05, 0) is 11.1 Å². The normalized spacial score (nSPS) is 10.9. The van der Waals surface area contributed by atoms with Crippen LogP contribution in [-0.4, -0.2) is 9.13 Å². The van der Waals surface area contributed by atoms with E-state index in [0.29, 0.717) is 13.2 Å². The minimum Gasteiger partial charge on any atom is -0.356 e. The maximum Gasteiger partial charge on any atom is 0.335 e. The Balaban J connectivity index is 1.67. The number of rotatable bonds is 8. The summed E-state index contributed by atoms with van der Waals surface area (Å²) in [4.78, 5) is 24.7. The van der Waals surface area contributed by atoms with Crippen LogP contribution in [0.5, 0.6) is 0 Å².